The van der Waals surface area contributed by atoms with Crippen LogP contribution in [-0.2, 0) is 4.74 Å². The molecule has 1 rings (SSSR count). The monoisotopic (exact) mass is 224 g/mol. The topological polar surface area (TPSA) is 44.8 Å². The van der Waals surface area contributed by atoms with E-state index in [1.165, 1.54) is 7.11 Å². The fraction of sp³-hybridized carbons (Fsp3) is 0.417. The molecule has 0 aliphatic carbocycles. The summed E-state index contributed by atoms with van der Waals surface area (Å²) < 4.78 is 15.2. The van der Waals surface area contributed by atoms with Crippen molar-refractivity contribution in [3.63, 3.8) is 0 Å². The maximum atomic E-state index is 11.5. The summed E-state index contributed by atoms with van der Waals surface area (Å²) in [5, 5.41) is 0. The van der Waals surface area contributed by atoms with Gasteiger partial charge in [0.2, 0.25) is 0 Å². The molecule has 0 amide bonds. The summed E-state index contributed by atoms with van der Waals surface area (Å²) in [4.78, 5) is 11.5. The van der Waals surface area contributed by atoms with Gasteiger partial charge in [-0.25, -0.2) is 0 Å². The number of carbonyl (C=O) groups excluding carboxylic acids is 1. The van der Waals surface area contributed by atoms with Gasteiger partial charge in [-0.3, -0.25) is 4.79 Å². The van der Waals surface area contributed by atoms with Gasteiger partial charge in [-0.15, -0.1) is 0 Å². The van der Waals surface area contributed by atoms with Crippen LogP contribution in [0.1, 0.15) is 23.7 Å². The first kappa shape index (κ1) is 12.5. The molecule has 0 radical (unpaired) electrons. The van der Waals surface area contributed by atoms with Crippen LogP contribution in [0.3, 0.4) is 0 Å². The van der Waals surface area contributed by atoms with Crippen molar-refractivity contribution in [2.45, 2.75) is 13.3 Å². The smallest absolute Gasteiger partial charge is 0.188 e. The zero-order chi connectivity index (χ0) is 12.0. The lowest BCUT2D eigenvalue weighted by Crippen LogP contribution is -2.02. The second kappa shape index (κ2) is 6.12. The summed E-state index contributed by atoms with van der Waals surface area (Å²) in [7, 11) is 3.08. The Morgan fingerprint density at radius 3 is 2.56 bits per heavy atom. The van der Waals surface area contributed by atoms with Crippen LogP contribution < -0.4 is 9.47 Å². The van der Waals surface area contributed by atoms with Crippen molar-refractivity contribution in [3.05, 3.63) is 23.8 Å². The summed E-state index contributed by atoms with van der Waals surface area (Å²) in [6.07, 6.45) is 0.474. The molecule has 4 nitrogen and oxygen atoms in total. The van der Waals surface area contributed by atoms with E-state index < -0.39 is 0 Å². The Balaban J connectivity index is 2.92. The van der Waals surface area contributed by atoms with E-state index in [2.05, 4.69) is 0 Å². The van der Waals surface area contributed by atoms with Crippen LogP contribution >= 0.6 is 0 Å². The van der Waals surface area contributed by atoms with Gasteiger partial charge in [-0.2, -0.15) is 0 Å². The molecule has 1 aromatic rings. The van der Waals surface area contributed by atoms with E-state index in [1.54, 1.807) is 25.3 Å². The molecule has 0 spiro atoms. The van der Waals surface area contributed by atoms with Crippen LogP contribution in [0, 0.1) is 0 Å². The van der Waals surface area contributed by atoms with Gasteiger partial charge in [0.15, 0.2) is 24.1 Å². The number of rotatable bonds is 6. The van der Waals surface area contributed by atoms with Crippen molar-refractivity contribution in [1.29, 1.82) is 0 Å². The predicted molar refractivity (Wildman–Crippen MR) is 60.1 cm³/mol. The fourth-order valence-electron chi connectivity index (χ4n) is 1.29. The van der Waals surface area contributed by atoms with Gasteiger partial charge in [0.1, 0.15) is 0 Å². The van der Waals surface area contributed by atoms with E-state index in [-0.39, 0.29) is 12.6 Å². The van der Waals surface area contributed by atoms with E-state index >= 15 is 0 Å². The van der Waals surface area contributed by atoms with Crippen LogP contribution in [0.15, 0.2) is 18.2 Å². The molecule has 0 saturated heterocycles. The molecule has 0 aliphatic heterocycles. The Morgan fingerprint density at radius 2 is 2.00 bits per heavy atom. The van der Waals surface area contributed by atoms with Crippen molar-refractivity contribution in [3.8, 4) is 11.5 Å². The van der Waals surface area contributed by atoms with Crippen molar-refractivity contribution in [2.75, 3.05) is 21.0 Å². The average molecular weight is 224 g/mol. The minimum Gasteiger partial charge on any atom is -0.493 e. The van der Waals surface area contributed by atoms with E-state index in [1.807, 2.05) is 6.92 Å². The maximum Gasteiger partial charge on any atom is 0.188 e. The molecule has 4 heteroatoms. The molecule has 0 saturated carbocycles. The summed E-state index contributed by atoms with van der Waals surface area (Å²) in [5.41, 5.74) is 0.629. The molecule has 0 atom stereocenters. The van der Waals surface area contributed by atoms with Crippen molar-refractivity contribution >= 4 is 5.78 Å². The van der Waals surface area contributed by atoms with Crippen molar-refractivity contribution < 1.29 is 19.0 Å². The average Bonchev–Trinajstić information content (AvgIpc) is 2.35. The lowest BCUT2D eigenvalue weighted by Gasteiger charge is -2.10. The Bertz CT molecular complexity index is 360. The zero-order valence-corrected chi connectivity index (χ0v) is 9.78. The minimum atomic E-state index is 0.0802. The quantitative estimate of drug-likeness (QED) is 0.549. The zero-order valence-electron chi connectivity index (χ0n) is 9.78. The molecule has 1 aromatic carbocycles. The third-order valence-electron chi connectivity index (χ3n) is 2.14. The predicted octanol–water partition coefficient (Wildman–Crippen LogP) is 2.27. The van der Waals surface area contributed by atoms with Crippen LogP contribution in [0.5, 0.6) is 11.5 Å². The number of hydrogen-bond acceptors (Lipinski definition) is 4. The Kier molecular flexibility index (Phi) is 4.79. The summed E-state index contributed by atoms with van der Waals surface area (Å²) in [6.45, 7) is 1.97. The number of methoxy groups -OCH3 is 2. The molecule has 0 fully saturated rings. The highest BCUT2D eigenvalue weighted by Crippen LogP contribution is 2.28. The first-order valence-electron chi connectivity index (χ1n) is 5.05. The second-order valence-electron chi connectivity index (χ2n) is 3.19. The van der Waals surface area contributed by atoms with Gasteiger partial charge in [0.25, 0.3) is 0 Å². The number of ether oxygens (including phenoxy) is 3. The number of benzene rings is 1. The van der Waals surface area contributed by atoms with Gasteiger partial charge >= 0.3 is 0 Å². The van der Waals surface area contributed by atoms with E-state index in [0.29, 0.717) is 23.5 Å². The number of Topliss-reactive ketones (excluding diaryl/α,β-unsaturated/α-hetero) is 1. The van der Waals surface area contributed by atoms with E-state index in [9.17, 15) is 4.79 Å². The minimum absolute atomic E-state index is 0.0802. The molecule has 0 bridgehead atoms. The third kappa shape index (κ3) is 2.97. The van der Waals surface area contributed by atoms with Gasteiger partial charge < -0.3 is 14.2 Å². The van der Waals surface area contributed by atoms with Crippen LogP contribution in [0.4, 0.5) is 0 Å². The molecule has 88 valence electrons. The highest BCUT2D eigenvalue weighted by Gasteiger charge is 2.09. The molecule has 0 aliphatic rings. The SMILES string of the molecule is CCC(=O)c1ccc(OCOC)c(OC)c1. The molecule has 0 unspecified atom stereocenters. The fourth-order valence-corrected chi connectivity index (χ4v) is 1.29. The van der Waals surface area contributed by atoms with Crippen molar-refractivity contribution in [1.82, 2.24) is 0 Å². The lowest BCUT2D eigenvalue weighted by atomic mass is 10.1. The summed E-state index contributed by atoms with van der Waals surface area (Å²) in [6, 6.07) is 5.11. The summed E-state index contributed by atoms with van der Waals surface area (Å²) in [5.74, 6) is 1.19. The van der Waals surface area contributed by atoms with Crippen LogP contribution in [-0.4, -0.2) is 26.8 Å². The molecule has 0 aromatic heterocycles. The highest BCUT2D eigenvalue weighted by molar-refractivity contribution is 5.96. The number of ketones is 1. The molecule has 0 heterocycles. The van der Waals surface area contributed by atoms with Gasteiger partial charge in [-0.1, -0.05) is 6.92 Å². The normalized spacial score (nSPS) is 9.94. The number of hydrogen-bond donors (Lipinski definition) is 0. The first-order valence-corrected chi connectivity index (χ1v) is 5.05. The number of carbonyl (C=O) groups is 1. The summed E-state index contributed by atoms with van der Waals surface area (Å²) >= 11 is 0. The largest absolute Gasteiger partial charge is 0.493 e. The molecular weight excluding hydrogens is 208 g/mol. The highest BCUT2D eigenvalue weighted by atomic mass is 16.7. The Hall–Kier alpha value is -1.55. The lowest BCUT2D eigenvalue weighted by molar-refractivity contribution is 0.0491. The first-order chi connectivity index (χ1) is 7.72. The second-order valence-corrected chi connectivity index (χ2v) is 3.19. The van der Waals surface area contributed by atoms with Gasteiger partial charge in [0.05, 0.1) is 7.11 Å². The van der Waals surface area contributed by atoms with Crippen LogP contribution in [0.2, 0.25) is 0 Å². The molecule has 16 heavy (non-hydrogen) atoms. The van der Waals surface area contributed by atoms with E-state index in [0.717, 1.165) is 0 Å². The van der Waals surface area contributed by atoms with Gasteiger partial charge in [0, 0.05) is 19.1 Å². The van der Waals surface area contributed by atoms with Gasteiger partial charge in [-0.05, 0) is 18.2 Å². The van der Waals surface area contributed by atoms with Crippen molar-refractivity contribution in [2.24, 2.45) is 0 Å². The standard InChI is InChI=1S/C12H16O4/c1-4-10(13)9-5-6-11(16-8-14-2)12(7-9)15-3/h5-7H,4,8H2,1-3H3. The van der Waals surface area contributed by atoms with E-state index in [4.69, 9.17) is 14.2 Å². The Morgan fingerprint density at radius 1 is 1.25 bits per heavy atom. The third-order valence-corrected chi connectivity index (χ3v) is 2.14. The van der Waals surface area contributed by atoms with Crippen LogP contribution in [0.25, 0.3) is 0 Å². The molecule has 0 N–H and O–H groups in total. The molecular formula is C12H16O4. The Labute approximate surface area is 95.1 Å². The maximum absolute atomic E-state index is 11.5.